The van der Waals surface area contributed by atoms with E-state index in [2.05, 4.69) is 15.9 Å². The summed E-state index contributed by atoms with van der Waals surface area (Å²) >= 11 is 4.94. The first-order valence-corrected chi connectivity index (χ1v) is 13.3. The average Bonchev–Trinajstić information content (AvgIpc) is 3.32. The number of benzene rings is 3. The molecule has 4 nitrogen and oxygen atoms in total. The second kappa shape index (κ2) is 10.4. The van der Waals surface area contributed by atoms with E-state index in [1.165, 1.54) is 47.9 Å². The number of thiophene rings is 1. The van der Waals surface area contributed by atoms with Crippen LogP contribution in [-0.4, -0.2) is 17.5 Å². The number of hydrogen-bond acceptors (Lipinski definition) is 4. The van der Waals surface area contributed by atoms with Crippen LogP contribution in [0.25, 0.3) is 20.7 Å². The summed E-state index contributed by atoms with van der Waals surface area (Å²) in [6.07, 6.45) is 1.48. The molecular weight excluding hydrogens is 560 g/mol. The van der Waals surface area contributed by atoms with Gasteiger partial charge in [0.25, 0.3) is 0 Å². The topological polar surface area (TPSA) is 48.3 Å². The van der Waals surface area contributed by atoms with Gasteiger partial charge in [-0.3, -0.25) is 9.59 Å². The Bertz CT molecular complexity index is 1680. The summed E-state index contributed by atoms with van der Waals surface area (Å²) in [5.41, 5.74) is 1.77. The van der Waals surface area contributed by atoms with Gasteiger partial charge in [0.15, 0.2) is 5.78 Å². The first-order valence-electron chi connectivity index (χ1n) is 11.3. The molecule has 5 rings (SSSR count). The van der Waals surface area contributed by atoms with Gasteiger partial charge in [0, 0.05) is 27.5 Å². The number of pyridine rings is 1. The van der Waals surface area contributed by atoms with E-state index in [4.69, 9.17) is 4.74 Å². The zero-order valence-electron chi connectivity index (χ0n) is 19.6. The Morgan fingerprint density at radius 3 is 2.35 bits per heavy atom. The largest absolute Gasteiger partial charge is 0.497 e. The highest BCUT2D eigenvalue weighted by molar-refractivity contribution is 9.08. The minimum absolute atomic E-state index is 0.0586. The van der Waals surface area contributed by atoms with E-state index in [-0.39, 0.29) is 23.5 Å². The quantitative estimate of drug-likeness (QED) is 0.151. The van der Waals surface area contributed by atoms with E-state index in [1.807, 2.05) is 24.3 Å². The van der Waals surface area contributed by atoms with Gasteiger partial charge in [0.1, 0.15) is 22.2 Å². The molecule has 8 heteroatoms. The van der Waals surface area contributed by atoms with Crippen molar-refractivity contribution in [2.45, 2.75) is 11.9 Å². The van der Waals surface area contributed by atoms with E-state index >= 15 is 0 Å². The van der Waals surface area contributed by atoms with Crippen molar-refractivity contribution in [3.63, 3.8) is 0 Å². The lowest BCUT2D eigenvalue weighted by Gasteiger charge is -2.12. The number of ketones is 1. The van der Waals surface area contributed by atoms with Crippen molar-refractivity contribution < 1.29 is 18.3 Å². The monoisotopic (exact) mass is 579 g/mol. The van der Waals surface area contributed by atoms with Gasteiger partial charge < -0.3 is 9.30 Å². The Kier molecular flexibility index (Phi) is 7.04. The molecule has 5 aromatic rings. The highest BCUT2D eigenvalue weighted by atomic mass is 79.9. The first-order chi connectivity index (χ1) is 17.9. The van der Waals surface area contributed by atoms with Crippen molar-refractivity contribution in [3.8, 4) is 16.2 Å². The molecule has 0 unspecified atom stereocenters. The number of halogens is 3. The maximum absolute atomic E-state index is 14.6. The van der Waals surface area contributed by atoms with E-state index in [0.29, 0.717) is 26.9 Å². The fraction of sp³-hybridized carbons (Fsp3) is 0.103. The molecule has 3 aromatic carbocycles. The lowest BCUT2D eigenvalue weighted by atomic mass is 10.0. The SMILES string of the molecule is COc1ccc(-c2sc3c(c2CBr)c(=O)c(C(=O)c2ccc(F)cc2)cn3Cc2ccccc2F)cc1. The summed E-state index contributed by atoms with van der Waals surface area (Å²) in [4.78, 5) is 28.7. The van der Waals surface area contributed by atoms with Gasteiger partial charge in [-0.25, -0.2) is 8.78 Å². The van der Waals surface area contributed by atoms with Gasteiger partial charge in [-0.05, 0) is 65.7 Å². The molecule has 37 heavy (non-hydrogen) atoms. The summed E-state index contributed by atoms with van der Waals surface area (Å²) in [7, 11) is 1.59. The first kappa shape index (κ1) is 25.0. The van der Waals surface area contributed by atoms with Crippen LogP contribution in [0.5, 0.6) is 5.75 Å². The summed E-state index contributed by atoms with van der Waals surface area (Å²) < 4.78 is 35.1. The number of carbonyl (C=O) groups is 1. The molecule has 0 aliphatic carbocycles. The Labute approximate surface area is 223 Å². The standard InChI is InChI=1S/C29H20BrF2NO3S/c1-36-21-12-8-18(9-13-21)28-22(14-30)25-27(35)23(26(34)17-6-10-20(31)11-7-17)16-33(29(25)37-28)15-19-4-2-3-5-24(19)32/h2-13,16H,14-15H2,1H3. The number of ether oxygens (including phenoxy) is 1. The zero-order chi connectivity index (χ0) is 26.1. The van der Waals surface area contributed by atoms with Crippen LogP contribution in [-0.2, 0) is 11.9 Å². The molecule has 0 aliphatic heterocycles. The number of nitrogens with zero attached hydrogens (tertiary/aromatic N) is 1. The number of aromatic nitrogens is 1. The molecule has 0 bridgehead atoms. The maximum atomic E-state index is 14.6. The second-order valence-corrected chi connectivity index (χ2v) is 9.94. The Hall–Kier alpha value is -3.62. The number of hydrogen-bond donors (Lipinski definition) is 0. The van der Waals surface area contributed by atoms with Crippen LogP contribution >= 0.6 is 27.3 Å². The van der Waals surface area contributed by atoms with Gasteiger partial charge in [0.2, 0.25) is 5.43 Å². The molecule has 2 heterocycles. The van der Waals surface area contributed by atoms with Crippen molar-refractivity contribution in [1.29, 1.82) is 0 Å². The van der Waals surface area contributed by atoms with Crippen LogP contribution in [0, 0.1) is 11.6 Å². The highest BCUT2D eigenvalue weighted by Crippen LogP contribution is 2.39. The lowest BCUT2D eigenvalue weighted by molar-refractivity contribution is 0.103. The minimum Gasteiger partial charge on any atom is -0.497 e. The third-order valence-electron chi connectivity index (χ3n) is 6.14. The van der Waals surface area contributed by atoms with Crippen LogP contribution in [0.1, 0.15) is 27.0 Å². The summed E-state index contributed by atoms with van der Waals surface area (Å²) in [5, 5.41) is 0.773. The minimum atomic E-state index is -0.521. The van der Waals surface area contributed by atoms with Crippen LogP contribution in [0.2, 0.25) is 0 Å². The number of alkyl halides is 1. The van der Waals surface area contributed by atoms with E-state index in [0.717, 1.165) is 16.0 Å². The van der Waals surface area contributed by atoms with E-state index < -0.39 is 17.0 Å². The molecule has 0 atom stereocenters. The number of rotatable bonds is 7. The number of fused-ring (bicyclic) bond motifs is 1. The molecule has 0 spiro atoms. The lowest BCUT2D eigenvalue weighted by Crippen LogP contribution is -2.20. The highest BCUT2D eigenvalue weighted by Gasteiger charge is 2.24. The maximum Gasteiger partial charge on any atom is 0.201 e. The smallest absolute Gasteiger partial charge is 0.201 e. The third-order valence-corrected chi connectivity index (χ3v) is 8.02. The van der Waals surface area contributed by atoms with Crippen molar-refractivity contribution in [2.24, 2.45) is 0 Å². The molecule has 0 radical (unpaired) electrons. The Morgan fingerprint density at radius 2 is 1.70 bits per heavy atom. The van der Waals surface area contributed by atoms with Crippen LogP contribution in [0.3, 0.4) is 0 Å². The normalized spacial score (nSPS) is 11.1. The van der Waals surface area contributed by atoms with Gasteiger partial charge >= 0.3 is 0 Å². The van der Waals surface area contributed by atoms with Crippen molar-refractivity contribution in [1.82, 2.24) is 4.57 Å². The summed E-state index contributed by atoms with van der Waals surface area (Å²) in [5.74, 6) is -0.676. The van der Waals surface area contributed by atoms with Gasteiger partial charge in [-0.1, -0.05) is 34.1 Å². The molecule has 186 valence electrons. The summed E-state index contributed by atoms with van der Waals surface area (Å²) in [6, 6.07) is 19.0. The molecule has 0 amide bonds. The van der Waals surface area contributed by atoms with Gasteiger partial charge in [-0.15, -0.1) is 11.3 Å². The third kappa shape index (κ3) is 4.74. The number of methoxy groups -OCH3 is 1. The molecule has 0 aliphatic rings. The van der Waals surface area contributed by atoms with Gasteiger partial charge in [-0.2, -0.15) is 0 Å². The Balaban J connectivity index is 1.77. The molecule has 2 aromatic heterocycles. The van der Waals surface area contributed by atoms with Crippen molar-refractivity contribution in [3.05, 3.63) is 123 Å². The van der Waals surface area contributed by atoms with Crippen molar-refractivity contribution >= 4 is 43.3 Å². The fourth-order valence-corrected chi connectivity index (χ4v) is 6.29. The van der Waals surface area contributed by atoms with Gasteiger partial charge in [0.05, 0.1) is 24.6 Å². The van der Waals surface area contributed by atoms with E-state index in [9.17, 15) is 18.4 Å². The molecule has 0 N–H and O–H groups in total. The summed E-state index contributed by atoms with van der Waals surface area (Å²) in [6.45, 7) is 0.122. The molecule has 0 saturated carbocycles. The molecule has 0 saturated heterocycles. The average molecular weight is 580 g/mol. The number of carbonyl (C=O) groups excluding carboxylic acids is 1. The van der Waals surface area contributed by atoms with Crippen molar-refractivity contribution in [2.75, 3.05) is 7.11 Å². The Morgan fingerprint density at radius 1 is 1.00 bits per heavy atom. The molecular formula is C29H20BrF2NO3S. The molecule has 0 fully saturated rings. The predicted octanol–water partition coefficient (Wildman–Crippen LogP) is 7.19. The van der Waals surface area contributed by atoms with Crippen LogP contribution in [0.15, 0.2) is 83.8 Å². The predicted molar refractivity (Wildman–Crippen MR) is 146 cm³/mol. The fourth-order valence-electron chi connectivity index (χ4n) is 4.25. The second-order valence-electron chi connectivity index (χ2n) is 8.38. The van der Waals surface area contributed by atoms with E-state index in [1.54, 1.807) is 29.9 Å². The van der Waals surface area contributed by atoms with Crippen LogP contribution in [0.4, 0.5) is 8.78 Å². The zero-order valence-corrected chi connectivity index (χ0v) is 22.0. The van der Waals surface area contributed by atoms with Crippen LogP contribution < -0.4 is 10.2 Å².